The van der Waals surface area contributed by atoms with Crippen molar-refractivity contribution in [1.82, 2.24) is 4.72 Å². The normalized spacial score (nSPS) is 13.0. The maximum Gasteiger partial charge on any atom is 0.240 e. The van der Waals surface area contributed by atoms with Gasteiger partial charge >= 0.3 is 0 Å². The van der Waals surface area contributed by atoms with E-state index in [1.54, 1.807) is 0 Å². The second-order valence-corrected chi connectivity index (χ2v) is 6.75. The van der Waals surface area contributed by atoms with Crippen molar-refractivity contribution in [3.05, 3.63) is 60.2 Å². The van der Waals surface area contributed by atoms with Gasteiger partial charge in [0.1, 0.15) is 5.75 Å². The highest BCUT2D eigenvalue weighted by molar-refractivity contribution is 7.89. The Labute approximate surface area is 125 Å². The Balaban J connectivity index is 1.95. The Morgan fingerprint density at radius 1 is 1.05 bits per heavy atom. The lowest BCUT2D eigenvalue weighted by molar-refractivity contribution is 0.474. The minimum Gasteiger partial charge on any atom is -0.508 e. The van der Waals surface area contributed by atoms with Crippen LogP contribution in [0, 0.1) is 0 Å². The van der Waals surface area contributed by atoms with E-state index in [1.807, 2.05) is 37.3 Å². The molecule has 0 fully saturated rings. The maximum absolute atomic E-state index is 12.2. The zero-order chi connectivity index (χ0) is 15.3. The Morgan fingerprint density at radius 3 is 2.29 bits per heavy atom. The first-order valence-corrected chi connectivity index (χ1v) is 8.31. The van der Waals surface area contributed by atoms with Crippen LogP contribution in [0.2, 0.25) is 0 Å². The molecule has 4 nitrogen and oxygen atoms in total. The molecule has 2 N–H and O–H groups in total. The van der Waals surface area contributed by atoms with Gasteiger partial charge in [-0.25, -0.2) is 13.1 Å². The van der Waals surface area contributed by atoms with Crippen molar-refractivity contribution in [2.45, 2.75) is 30.7 Å². The monoisotopic (exact) mass is 305 g/mol. The highest BCUT2D eigenvalue weighted by atomic mass is 32.2. The number of aryl methyl sites for hydroxylation is 1. The van der Waals surface area contributed by atoms with E-state index < -0.39 is 10.0 Å². The first-order chi connectivity index (χ1) is 9.97. The summed E-state index contributed by atoms with van der Waals surface area (Å²) < 4.78 is 27.0. The van der Waals surface area contributed by atoms with E-state index in [0.717, 1.165) is 12.8 Å². The Kier molecular flexibility index (Phi) is 4.98. The highest BCUT2D eigenvalue weighted by Crippen LogP contribution is 2.15. The summed E-state index contributed by atoms with van der Waals surface area (Å²) in [4.78, 5) is 0.159. The number of hydrogen-bond donors (Lipinski definition) is 2. The fraction of sp³-hybridized carbons (Fsp3) is 0.250. The standard InChI is InChI=1S/C16H19NO3S/c1-13(7-8-14-5-3-2-4-6-14)17-21(19,20)16-11-9-15(18)10-12-16/h2-6,9-13,17-18H,7-8H2,1H3. The third-order valence-electron chi connectivity index (χ3n) is 3.21. The predicted molar refractivity (Wildman–Crippen MR) is 82.7 cm³/mol. The zero-order valence-electron chi connectivity index (χ0n) is 11.9. The second kappa shape index (κ2) is 6.74. The number of phenols is 1. The molecule has 1 unspecified atom stereocenters. The van der Waals surface area contributed by atoms with Gasteiger partial charge in [0.15, 0.2) is 0 Å². The van der Waals surface area contributed by atoms with Crippen molar-refractivity contribution in [3.63, 3.8) is 0 Å². The summed E-state index contributed by atoms with van der Waals surface area (Å²) in [5, 5.41) is 9.20. The average molecular weight is 305 g/mol. The third kappa shape index (κ3) is 4.58. The SMILES string of the molecule is CC(CCc1ccccc1)NS(=O)(=O)c1ccc(O)cc1. The number of phenolic OH excluding ortho intramolecular Hbond substituents is 1. The van der Waals surface area contributed by atoms with Crippen LogP contribution in [0.1, 0.15) is 18.9 Å². The zero-order valence-corrected chi connectivity index (χ0v) is 12.7. The molecule has 0 aromatic heterocycles. The quantitative estimate of drug-likeness (QED) is 0.862. The van der Waals surface area contributed by atoms with E-state index in [1.165, 1.54) is 29.8 Å². The fourth-order valence-corrected chi connectivity index (χ4v) is 3.32. The van der Waals surface area contributed by atoms with Crippen molar-refractivity contribution >= 4 is 10.0 Å². The van der Waals surface area contributed by atoms with Crippen molar-refractivity contribution in [3.8, 4) is 5.75 Å². The number of benzene rings is 2. The minimum atomic E-state index is -3.54. The molecule has 0 aliphatic heterocycles. The first-order valence-electron chi connectivity index (χ1n) is 6.83. The first kappa shape index (κ1) is 15.5. The molecular formula is C16H19NO3S. The summed E-state index contributed by atoms with van der Waals surface area (Å²) in [6.07, 6.45) is 1.54. The van der Waals surface area contributed by atoms with Crippen LogP contribution in [0.4, 0.5) is 0 Å². The van der Waals surface area contributed by atoms with E-state index in [2.05, 4.69) is 4.72 Å². The van der Waals surface area contributed by atoms with Crippen LogP contribution < -0.4 is 4.72 Å². The summed E-state index contributed by atoms with van der Waals surface area (Å²) in [5.41, 5.74) is 1.19. The lowest BCUT2D eigenvalue weighted by Gasteiger charge is -2.14. The molecule has 2 aromatic rings. The molecule has 112 valence electrons. The van der Waals surface area contributed by atoms with Crippen molar-refractivity contribution in [2.75, 3.05) is 0 Å². The second-order valence-electron chi connectivity index (χ2n) is 5.04. The van der Waals surface area contributed by atoms with E-state index in [4.69, 9.17) is 0 Å². The topological polar surface area (TPSA) is 66.4 Å². The lowest BCUT2D eigenvalue weighted by atomic mass is 10.1. The smallest absolute Gasteiger partial charge is 0.240 e. The van der Waals surface area contributed by atoms with Gasteiger partial charge < -0.3 is 5.11 Å². The minimum absolute atomic E-state index is 0.0473. The summed E-state index contributed by atoms with van der Waals surface area (Å²) >= 11 is 0. The maximum atomic E-state index is 12.2. The van der Waals surface area contributed by atoms with Crippen molar-refractivity contribution < 1.29 is 13.5 Å². The van der Waals surface area contributed by atoms with Gasteiger partial charge in [-0.15, -0.1) is 0 Å². The predicted octanol–water partition coefficient (Wildman–Crippen LogP) is 2.69. The molecule has 2 rings (SSSR count). The van der Waals surface area contributed by atoms with Crippen LogP contribution in [0.3, 0.4) is 0 Å². The molecule has 0 aliphatic carbocycles. The molecule has 5 heteroatoms. The molecule has 0 radical (unpaired) electrons. The molecule has 0 heterocycles. The molecule has 1 atom stereocenters. The molecule has 0 spiro atoms. The van der Waals surface area contributed by atoms with E-state index >= 15 is 0 Å². The van der Waals surface area contributed by atoms with Crippen LogP contribution in [-0.4, -0.2) is 19.6 Å². The van der Waals surface area contributed by atoms with Gasteiger partial charge in [-0.2, -0.15) is 0 Å². The lowest BCUT2D eigenvalue weighted by Crippen LogP contribution is -2.32. The molecule has 0 saturated heterocycles. The van der Waals surface area contributed by atoms with Gasteiger partial charge in [0.05, 0.1) is 4.90 Å². The number of sulfonamides is 1. The van der Waals surface area contributed by atoms with Crippen LogP contribution in [-0.2, 0) is 16.4 Å². The van der Waals surface area contributed by atoms with Crippen LogP contribution in [0.15, 0.2) is 59.5 Å². The molecule has 21 heavy (non-hydrogen) atoms. The van der Waals surface area contributed by atoms with Crippen molar-refractivity contribution in [1.29, 1.82) is 0 Å². The molecule has 0 bridgehead atoms. The molecular weight excluding hydrogens is 286 g/mol. The molecule has 0 aliphatic rings. The van der Waals surface area contributed by atoms with Gasteiger partial charge in [-0.1, -0.05) is 30.3 Å². The fourth-order valence-electron chi connectivity index (χ4n) is 2.04. The number of nitrogens with one attached hydrogen (secondary N) is 1. The largest absolute Gasteiger partial charge is 0.508 e. The van der Waals surface area contributed by atoms with Crippen molar-refractivity contribution in [2.24, 2.45) is 0 Å². The number of aromatic hydroxyl groups is 1. The van der Waals surface area contributed by atoms with Gasteiger partial charge in [-0.05, 0) is 49.6 Å². The van der Waals surface area contributed by atoms with E-state index in [9.17, 15) is 13.5 Å². The average Bonchev–Trinajstić information content (AvgIpc) is 2.46. The molecule has 0 saturated carbocycles. The van der Waals surface area contributed by atoms with E-state index in [0.29, 0.717) is 0 Å². The van der Waals surface area contributed by atoms with Crippen LogP contribution in [0.25, 0.3) is 0 Å². The number of rotatable bonds is 6. The van der Waals surface area contributed by atoms with Gasteiger partial charge in [0.25, 0.3) is 0 Å². The molecule has 2 aromatic carbocycles. The Hall–Kier alpha value is -1.85. The summed E-state index contributed by atoms with van der Waals surface area (Å²) in [7, 11) is -3.54. The molecule has 0 amide bonds. The van der Waals surface area contributed by atoms with Gasteiger partial charge in [0.2, 0.25) is 10.0 Å². The Morgan fingerprint density at radius 2 is 1.67 bits per heavy atom. The summed E-state index contributed by atoms with van der Waals surface area (Å²) in [5.74, 6) is 0.0473. The number of hydrogen-bond acceptors (Lipinski definition) is 3. The highest BCUT2D eigenvalue weighted by Gasteiger charge is 2.17. The van der Waals surface area contributed by atoms with Crippen LogP contribution >= 0.6 is 0 Å². The summed E-state index contributed by atoms with van der Waals surface area (Å²) in [6, 6.07) is 15.3. The third-order valence-corrected chi connectivity index (χ3v) is 4.82. The van der Waals surface area contributed by atoms with Gasteiger partial charge in [-0.3, -0.25) is 0 Å². The Bertz CT molecular complexity index is 666. The van der Waals surface area contributed by atoms with Crippen LogP contribution in [0.5, 0.6) is 5.75 Å². The summed E-state index contributed by atoms with van der Waals surface area (Å²) in [6.45, 7) is 1.85. The van der Waals surface area contributed by atoms with E-state index in [-0.39, 0.29) is 16.7 Å². The van der Waals surface area contributed by atoms with Gasteiger partial charge in [0, 0.05) is 6.04 Å².